The van der Waals surface area contributed by atoms with Crippen LogP contribution in [0.25, 0.3) is 0 Å². The lowest BCUT2D eigenvalue weighted by molar-refractivity contribution is 0.638. The van der Waals surface area contributed by atoms with E-state index in [1.807, 2.05) is 0 Å². The Hall–Kier alpha value is -3.87. The van der Waals surface area contributed by atoms with Crippen LogP contribution in [0.4, 0.5) is 0 Å². The molecule has 0 aromatic heterocycles. The molecule has 2 bridgehead atoms. The maximum atomic E-state index is 10.6. The first kappa shape index (κ1) is 24.9. The Labute approximate surface area is 243 Å². The lowest BCUT2D eigenvalue weighted by Crippen LogP contribution is -2.34. The van der Waals surface area contributed by atoms with Crippen LogP contribution in [0.2, 0.25) is 0 Å². The molecule has 0 unspecified atom stereocenters. The number of hydrogen-bond donors (Lipinski definition) is 0. The van der Waals surface area contributed by atoms with Crippen LogP contribution in [0.15, 0.2) is 36.4 Å². The van der Waals surface area contributed by atoms with E-state index in [-0.39, 0.29) is 11.8 Å². The van der Waals surface area contributed by atoms with E-state index in [1.165, 1.54) is 116 Å². The number of nitrogens with zero attached hydrogens (tertiary/aromatic N) is 3. The molecule has 0 radical (unpaired) electrons. The average molecular weight is 534 g/mol. The van der Waals surface area contributed by atoms with Gasteiger partial charge in [-0.15, -0.1) is 0 Å². The van der Waals surface area contributed by atoms with Gasteiger partial charge in [-0.1, -0.05) is 56.7 Å². The summed E-state index contributed by atoms with van der Waals surface area (Å²) in [6.45, 7) is 0. The molecule has 0 aliphatic heterocycles. The maximum Gasteiger partial charge on any atom is 0.0994 e. The van der Waals surface area contributed by atoms with E-state index in [1.54, 1.807) is 0 Å². The second kappa shape index (κ2) is 9.61. The highest BCUT2D eigenvalue weighted by molar-refractivity contribution is 5.78. The van der Waals surface area contributed by atoms with Crippen LogP contribution in [0.1, 0.15) is 173 Å². The van der Waals surface area contributed by atoms with Gasteiger partial charge in [0.1, 0.15) is 0 Å². The second-order valence-corrected chi connectivity index (χ2v) is 13.2. The molecule has 3 heteroatoms. The van der Waals surface area contributed by atoms with E-state index in [0.29, 0.717) is 17.8 Å². The van der Waals surface area contributed by atoms with Crippen molar-refractivity contribution in [3.63, 3.8) is 0 Å². The van der Waals surface area contributed by atoms with Crippen molar-refractivity contribution in [3.8, 4) is 18.2 Å². The number of benzene rings is 3. The second-order valence-electron chi connectivity index (χ2n) is 13.2. The molecule has 3 saturated carbocycles. The van der Waals surface area contributed by atoms with Gasteiger partial charge >= 0.3 is 0 Å². The van der Waals surface area contributed by atoms with Crippen molar-refractivity contribution < 1.29 is 0 Å². The summed E-state index contributed by atoms with van der Waals surface area (Å²) in [7, 11) is 0. The summed E-state index contributed by atoms with van der Waals surface area (Å²) in [6.07, 6.45) is 14.6. The van der Waals surface area contributed by atoms with Gasteiger partial charge in [0.15, 0.2) is 0 Å². The SMILES string of the molecule is N#Cc1ccc(C2CCCC2)c2c1C1c3c(C4CCCC4)ccc(C#N)c3C2c2c(C#N)ccc(C3CCCC3)c21. The molecule has 0 saturated heterocycles. The topological polar surface area (TPSA) is 71.4 Å². The molecule has 3 fully saturated rings. The fourth-order valence-electron chi connectivity index (χ4n) is 9.80. The third-order valence-electron chi connectivity index (χ3n) is 11.4. The summed E-state index contributed by atoms with van der Waals surface area (Å²) < 4.78 is 0. The van der Waals surface area contributed by atoms with E-state index >= 15 is 0 Å². The first-order valence-electron chi connectivity index (χ1n) is 16.0. The lowest BCUT2D eigenvalue weighted by Gasteiger charge is -2.47. The van der Waals surface area contributed by atoms with Crippen LogP contribution < -0.4 is 0 Å². The fourth-order valence-corrected chi connectivity index (χ4v) is 9.80. The van der Waals surface area contributed by atoms with Crippen molar-refractivity contribution in [2.45, 2.75) is 107 Å². The van der Waals surface area contributed by atoms with Gasteiger partial charge in [0.25, 0.3) is 0 Å². The Bertz CT molecular complexity index is 1620. The minimum atomic E-state index is -0.157. The Morgan fingerprint density at radius 2 is 0.659 bits per heavy atom. The highest BCUT2D eigenvalue weighted by Crippen LogP contribution is 2.63. The van der Waals surface area contributed by atoms with E-state index < -0.39 is 0 Å². The summed E-state index contributed by atoms with van der Waals surface area (Å²) in [5, 5.41) is 31.7. The predicted molar refractivity (Wildman–Crippen MR) is 159 cm³/mol. The predicted octanol–water partition coefficient (Wildman–Crippen LogP) is 9.26. The molecular weight excluding hydrogens is 498 g/mol. The van der Waals surface area contributed by atoms with Gasteiger partial charge in [0.2, 0.25) is 0 Å². The van der Waals surface area contributed by atoms with Crippen molar-refractivity contribution in [3.05, 3.63) is 103 Å². The Morgan fingerprint density at radius 3 is 0.927 bits per heavy atom. The minimum Gasteiger partial charge on any atom is -0.192 e. The molecule has 202 valence electrons. The zero-order valence-electron chi connectivity index (χ0n) is 23.7. The highest BCUT2D eigenvalue weighted by atomic mass is 14.5. The highest BCUT2D eigenvalue weighted by Gasteiger charge is 2.50. The minimum absolute atomic E-state index is 0.0798. The maximum absolute atomic E-state index is 10.6. The molecule has 3 aromatic rings. The molecule has 0 spiro atoms. The largest absolute Gasteiger partial charge is 0.192 e. The molecule has 41 heavy (non-hydrogen) atoms. The third-order valence-corrected chi connectivity index (χ3v) is 11.4. The normalized spacial score (nSPS) is 23.0. The molecule has 0 heterocycles. The van der Waals surface area contributed by atoms with Crippen LogP contribution in [0.5, 0.6) is 0 Å². The fraction of sp³-hybridized carbons (Fsp3) is 0.447. The molecule has 0 N–H and O–H groups in total. The zero-order valence-corrected chi connectivity index (χ0v) is 23.7. The van der Waals surface area contributed by atoms with Crippen molar-refractivity contribution in [2.24, 2.45) is 0 Å². The Morgan fingerprint density at radius 1 is 0.390 bits per heavy atom. The summed E-state index contributed by atoms with van der Waals surface area (Å²) in [4.78, 5) is 0. The number of hydrogen-bond acceptors (Lipinski definition) is 3. The van der Waals surface area contributed by atoms with Crippen molar-refractivity contribution >= 4 is 0 Å². The van der Waals surface area contributed by atoms with Gasteiger partial charge in [-0.25, -0.2) is 0 Å². The zero-order chi connectivity index (χ0) is 27.7. The van der Waals surface area contributed by atoms with E-state index in [2.05, 4.69) is 54.6 Å². The molecule has 9 rings (SSSR count). The number of rotatable bonds is 3. The molecule has 6 aliphatic carbocycles. The molecule has 3 nitrogen and oxygen atoms in total. The van der Waals surface area contributed by atoms with E-state index in [9.17, 15) is 15.8 Å². The lowest BCUT2D eigenvalue weighted by atomic mass is 9.54. The monoisotopic (exact) mass is 533 g/mol. The van der Waals surface area contributed by atoms with Crippen molar-refractivity contribution in [1.82, 2.24) is 0 Å². The molecular formula is C38H35N3. The van der Waals surface area contributed by atoms with Crippen LogP contribution in [-0.4, -0.2) is 0 Å². The summed E-state index contributed by atoms with van der Waals surface area (Å²) in [5.41, 5.74) is 13.9. The van der Waals surface area contributed by atoms with Crippen LogP contribution in [0.3, 0.4) is 0 Å². The smallest absolute Gasteiger partial charge is 0.0994 e. The summed E-state index contributed by atoms with van der Waals surface area (Å²) >= 11 is 0. The van der Waals surface area contributed by atoms with Crippen LogP contribution >= 0.6 is 0 Å². The van der Waals surface area contributed by atoms with Gasteiger partial charge in [-0.3, -0.25) is 0 Å². The van der Waals surface area contributed by atoms with E-state index in [0.717, 1.165) is 27.8 Å². The molecule has 0 amide bonds. The Kier molecular flexibility index (Phi) is 5.83. The van der Waals surface area contributed by atoms with Gasteiger partial charge in [-0.2, -0.15) is 15.8 Å². The van der Waals surface area contributed by atoms with Crippen molar-refractivity contribution in [1.29, 1.82) is 15.8 Å². The quantitative estimate of drug-likeness (QED) is 0.232. The molecule has 3 aromatic carbocycles. The Balaban J connectivity index is 1.52. The first-order valence-corrected chi connectivity index (χ1v) is 16.0. The molecule has 6 aliphatic rings. The van der Waals surface area contributed by atoms with Gasteiger partial charge in [-0.05, 0) is 125 Å². The first-order chi connectivity index (χ1) is 20.2. The van der Waals surface area contributed by atoms with E-state index in [4.69, 9.17) is 0 Å². The summed E-state index contributed by atoms with van der Waals surface area (Å²) in [5.74, 6) is 1.25. The van der Waals surface area contributed by atoms with Crippen molar-refractivity contribution in [2.75, 3.05) is 0 Å². The standard InChI is InChI=1S/C38H35N3/c39-19-25-13-17-29(23-9-3-4-10-23)35-31(25)37-32-26(20-40)14-18-30(24-11-5-6-12-24)36(32)38(35)33-27(21-41)15-16-28(34(33)37)22-7-1-2-8-22/h13-18,22-24,37-38H,1-12H2. The summed E-state index contributed by atoms with van der Waals surface area (Å²) in [6, 6.07) is 20.8. The van der Waals surface area contributed by atoms with Crippen LogP contribution in [0, 0.1) is 34.0 Å². The van der Waals surface area contributed by atoms with Gasteiger partial charge in [0.05, 0.1) is 34.9 Å². The number of nitriles is 3. The van der Waals surface area contributed by atoms with Gasteiger partial charge < -0.3 is 0 Å². The van der Waals surface area contributed by atoms with Gasteiger partial charge in [0, 0.05) is 11.8 Å². The van der Waals surface area contributed by atoms with Crippen LogP contribution in [-0.2, 0) is 0 Å². The average Bonchev–Trinajstić information content (AvgIpc) is 3.83. The molecule has 0 atom stereocenters. The third kappa shape index (κ3) is 3.47.